The number of hydrogen-bond donors (Lipinski definition) is 0. The normalized spacial score (nSPS) is 12.1. The van der Waals surface area contributed by atoms with Gasteiger partial charge in [0.25, 0.3) is 5.89 Å². The van der Waals surface area contributed by atoms with Crippen LogP contribution in [-0.2, 0) is 0 Å². The lowest BCUT2D eigenvalue weighted by Gasteiger charge is -2.10. The highest BCUT2D eigenvalue weighted by Crippen LogP contribution is 2.25. The van der Waals surface area contributed by atoms with Crippen molar-refractivity contribution in [3.05, 3.63) is 65.0 Å². The third kappa shape index (κ3) is 3.28. The van der Waals surface area contributed by atoms with Crippen molar-refractivity contribution < 1.29 is 9.26 Å². The molecule has 0 fully saturated rings. The van der Waals surface area contributed by atoms with Crippen molar-refractivity contribution in [1.29, 1.82) is 0 Å². The zero-order valence-corrected chi connectivity index (χ0v) is 13.0. The van der Waals surface area contributed by atoms with Crippen LogP contribution >= 0.6 is 11.6 Å². The molecule has 3 aromatic rings. The first-order valence-corrected chi connectivity index (χ1v) is 7.32. The summed E-state index contributed by atoms with van der Waals surface area (Å²) < 4.78 is 11.1. The van der Waals surface area contributed by atoms with Crippen molar-refractivity contribution in [2.45, 2.75) is 20.0 Å². The molecular weight excluding hydrogens is 300 g/mol. The molecule has 2 aromatic carbocycles. The van der Waals surface area contributed by atoms with E-state index < -0.39 is 0 Å². The van der Waals surface area contributed by atoms with Crippen LogP contribution in [0.15, 0.2) is 53.1 Å². The van der Waals surface area contributed by atoms with Gasteiger partial charge in [0.1, 0.15) is 5.75 Å². The molecule has 0 amide bonds. The highest BCUT2D eigenvalue weighted by atomic mass is 35.5. The monoisotopic (exact) mass is 314 g/mol. The Balaban J connectivity index is 1.78. The topological polar surface area (TPSA) is 48.2 Å². The average Bonchev–Trinajstić information content (AvgIpc) is 2.97. The number of hydrogen-bond acceptors (Lipinski definition) is 4. The molecule has 0 radical (unpaired) electrons. The van der Waals surface area contributed by atoms with Crippen molar-refractivity contribution in [2.75, 3.05) is 0 Å². The molecule has 1 atom stereocenters. The Morgan fingerprint density at radius 2 is 1.95 bits per heavy atom. The molecule has 1 aromatic heterocycles. The number of ether oxygens (including phenoxy) is 1. The van der Waals surface area contributed by atoms with Gasteiger partial charge < -0.3 is 9.26 Å². The van der Waals surface area contributed by atoms with Crippen molar-refractivity contribution >= 4 is 11.6 Å². The molecule has 4 nitrogen and oxygen atoms in total. The quantitative estimate of drug-likeness (QED) is 0.691. The first-order chi connectivity index (χ1) is 10.6. The minimum absolute atomic E-state index is 0.357. The lowest BCUT2D eigenvalue weighted by Crippen LogP contribution is -2.03. The number of rotatable bonds is 4. The summed E-state index contributed by atoms with van der Waals surface area (Å²) in [4.78, 5) is 4.40. The van der Waals surface area contributed by atoms with Gasteiger partial charge in [-0.2, -0.15) is 4.98 Å². The molecule has 0 aliphatic carbocycles. The fourth-order valence-electron chi connectivity index (χ4n) is 2.10. The third-order valence-corrected chi connectivity index (χ3v) is 3.41. The molecule has 0 saturated heterocycles. The summed E-state index contributed by atoms with van der Waals surface area (Å²) in [5, 5.41) is 4.64. The van der Waals surface area contributed by atoms with E-state index in [1.54, 1.807) is 12.1 Å². The van der Waals surface area contributed by atoms with Gasteiger partial charge in [-0.15, -0.1) is 0 Å². The third-order valence-electron chi connectivity index (χ3n) is 3.17. The van der Waals surface area contributed by atoms with Gasteiger partial charge in [-0.3, -0.25) is 0 Å². The molecule has 0 aliphatic heterocycles. The van der Waals surface area contributed by atoms with E-state index >= 15 is 0 Å². The number of aryl methyl sites for hydroxylation is 1. The first-order valence-electron chi connectivity index (χ1n) is 6.95. The minimum atomic E-state index is -0.357. The van der Waals surface area contributed by atoms with Crippen LogP contribution in [0.5, 0.6) is 5.75 Å². The number of benzene rings is 2. The Hall–Kier alpha value is -2.33. The average molecular weight is 315 g/mol. The van der Waals surface area contributed by atoms with E-state index in [1.165, 1.54) is 0 Å². The van der Waals surface area contributed by atoms with Gasteiger partial charge in [-0.25, -0.2) is 0 Å². The van der Waals surface area contributed by atoms with E-state index in [9.17, 15) is 0 Å². The number of nitrogens with zero attached hydrogens (tertiary/aromatic N) is 2. The van der Waals surface area contributed by atoms with E-state index in [4.69, 9.17) is 20.9 Å². The van der Waals surface area contributed by atoms with E-state index in [-0.39, 0.29) is 6.10 Å². The van der Waals surface area contributed by atoms with Crippen LogP contribution in [0.25, 0.3) is 11.4 Å². The fraction of sp³-hybridized carbons (Fsp3) is 0.176. The molecule has 112 valence electrons. The Morgan fingerprint density at radius 1 is 1.14 bits per heavy atom. The molecule has 0 bridgehead atoms. The highest BCUT2D eigenvalue weighted by molar-refractivity contribution is 6.30. The van der Waals surface area contributed by atoms with Gasteiger partial charge in [0.15, 0.2) is 6.10 Å². The van der Waals surface area contributed by atoms with Gasteiger partial charge in [0.2, 0.25) is 5.82 Å². The lowest BCUT2D eigenvalue weighted by molar-refractivity contribution is 0.176. The minimum Gasteiger partial charge on any atom is -0.481 e. The molecular formula is C17H15ClN2O2. The Bertz CT molecular complexity index is 786. The zero-order valence-electron chi connectivity index (χ0n) is 12.3. The predicted octanol–water partition coefficient (Wildman–Crippen LogP) is 4.84. The van der Waals surface area contributed by atoms with Gasteiger partial charge in [0.05, 0.1) is 0 Å². The van der Waals surface area contributed by atoms with Crippen molar-refractivity contribution in [3.8, 4) is 17.1 Å². The van der Waals surface area contributed by atoms with Crippen LogP contribution in [0, 0.1) is 6.92 Å². The standard InChI is InChI=1S/C17H15ClN2O2/c1-11-5-3-6-13(9-11)16-19-17(22-20-16)12(2)21-15-8-4-7-14(18)10-15/h3-10,12H,1-2H3. The second-order valence-electron chi connectivity index (χ2n) is 5.04. The summed E-state index contributed by atoms with van der Waals surface area (Å²) in [6.07, 6.45) is -0.357. The van der Waals surface area contributed by atoms with Crippen LogP contribution < -0.4 is 4.74 Å². The second kappa shape index (κ2) is 6.20. The SMILES string of the molecule is Cc1cccc(-c2noc(C(C)Oc3cccc(Cl)c3)n2)c1. The lowest BCUT2D eigenvalue weighted by atomic mass is 10.1. The van der Waals surface area contributed by atoms with Gasteiger partial charge >= 0.3 is 0 Å². The maximum Gasteiger partial charge on any atom is 0.267 e. The highest BCUT2D eigenvalue weighted by Gasteiger charge is 2.17. The summed E-state index contributed by atoms with van der Waals surface area (Å²) in [5.41, 5.74) is 2.07. The summed E-state index contributed by atoms with van der Waals surface area (Å²) in [6.45, 7) is 3.88. The predicted molar refractivity (Wildman–Crippen MR) is 85.0 cm³/mol. The molecule has 1 unspecified atom stereocenters. The molecule has 5 heteroatoms. The zero-order chi connectivity index (χ0) is 15.5. The number of aromatic nitrogens is 2. The van der Waals surface area contributed by atoms with Crippen molar-refractivity contribution in [3.63, 3.8) is 0 Å². The molecule has 3 rings (SSSR count). The van der Waals surface area contributed by atoms with Crippen LogP contribution in [-0.4, -0.2) is 10.1 Å². The van der Waals surface area contributed by atoms with E-state index in [2.05, 4.69) is 10.1 Å². The molecule has 0 saturated carbocycles. The number of halogens is 1. The van der Waals surface area contributed by atoms with Crippen molar-refractivity contribution in [2.24, 2.45) is 0 Å². The molecule has 0 aliphatic rings. The molecule has 1 heterocycles. The Kier molecular flexibility index (Phi) is 4.11. The van der Waals surface area contributed by atoms with E-state index in [1.807, 2.05) is 50.2 Å². The Labute approximate surface area is 133 Å². The second-order valence-corrected chi connectivity index (χ2v) is 5.48. The van der Waals surface area contributed by atoms with E-state index in [0.717, 1.165) is 11.1 Å². The maximum absolute atomic E-state index is 5.94. The summed E-state index contributed by atoms with van der Waals surface area (Å²) in [6, 6.07) is 15.2. The summed E-state index contributed by atoms with van der Waals surface area (Å²) >= 11 is 5.94. The van der Waals surface area contributed by atoms with Crippen LogP contribution in [0.1, 0.15) is 24.5 Å². The van der Waals surface area contributed by atoms with Crippen LogP contribution in [0.2, 0.25) is 5.02 Å². The first kappa shape index (κ1) is 14.6. The van der Waals surface area contributed by atoms with Gasteiger partial charge in [0, 0.05) is 10.6 Å². The van der Waals surface area contributed by atoms with Crippen molar-refractivity contribution in [1.82, 2.24) is 10.1 Å². The van der Waals surface area contributed by atoms with E-state index in [0.29, 0.717) is 22.5 Å². The largest absolute Gasteiger partial charge is 0.481 e. The molecule has 0 spiro atoms. The summed E-state index contributed by atoms with van der Waals surface area (Å²) in [5.74, 6) is 1.65. The van der Waals surface area contributed by atoms with Gasteiger partial charge in [-0.1, -0.05) is 46.6 Å². The maximum atomic E-state index is 5.94. The smallest absolute Gasteiger partial charge is 0.267 e. The van der Waals surface area contributed by atoms with Crippen LogP contribution in [0.4, 0.5) is 0 Å². The molecule has 22 heavy (non-hydrogen) atoms. The van der Waals surface area contributed by atoms with Crippen LogP contribution in [0.3, 0.4) is 0 Å². The summed E-state index contributed by atoms with van der Waals surface area (Å²) in [7, 11) is 0. The Morgan fingerprint density at radius 3 is 2.73 bits per heavy atom. The van der Waals surface area contributed by atoms with Gasteiger partial charge in [-0.05, 0) is 38.1 Å². The fourth-order valence-corrected chi connectivity index (χ4v) is 2.28. The molecule has 0 N–H and O–H groups in total.